The standard InChI is InChI=1S/C9H19NO6/c1-10-8-7(14)6(13)5(4-12)16-9(8,15)2-3-11/h5-8,10-15H,2-4H2,1H3/t5-,6-,7+,8-,9?/m1/s1. The zero-order valence-electron chi connectivity index (χ0n) is 9.08. The van der Waals surface area contributed by atoms with Crippen molar-refractivity contribution >= 4 is 0 Å². The molecule has 1 saturated heterocycles. The zero-order chi connectivity index (χ0) is 12.3. The fourth-order valence-corrected chi connectivity index (χ4v) is 2.01. The normalized spacial score (nSPS) is 44.6. The average Bonchev–Trinajstić information content (AvgIpc) is 2.24. The van der Waals surface area contributed by atoms with Crippen LogP contribution in [0.3, 0.4) is 0 Å². The maximum absolute atomic E-state index is 10.1. The van der Waals surface area contributed by atoms with Gasteiger partial charge in [0.15, 0.2) is 5.79 Å². The van der Waals surface area contributed by atoms with Gasteiger partial charge in [-0.1, -0.05) is 0 Å². The molecule has 96 valence electrons. The third-order valence-corrected chi connectivity index (χ3v) is 2.87. The van der Waals surface area contributed by atoms with Gasteiger partial charge in [-0.2, -0.15) is 0 Å². The summed E-state index contributed by atoms with van der Waals surface area (Å²) in [6.07, 6.45) is -3.77. The number of nitrogens with one attached hydrogen (secondary N) is 1. The van der Waals surface area contributed by atoms with Crippen LogP contribution >= 0.6 is 0 Å². The Kier molecular flexibility index (Phi) is 4.62. The number of rotatable bonds is 4. The van der Waals surface area contributed by atoms with E-state index in [9.17, 15) is 15.3 Å². The van der Waals surface area contributed by atoms with E-state index in [4.69, 9.17) is 14.9 Å². The second kappa shape index (κ2) is 5.37. The van der Waals surface area contributed by atoms with E-state index in [0.29, 0.717) is 0 Å². The average molecular weight is 237 g/mol. The van der Waals surface area contributed by atoms with Gasteiger partial charge in [-0.25, -0.2) is 0 Å². The molecular formula is C9H19NO6. The first kappa shape index (κ1) is 13.8. The molecule has 1 aliphatic rings. The first-order chi connectivity index (χ1) is 7.50. The highest BCUT2D eigenvalue weighted by atomic mass is 16.6. The van der Waals surface area contributed by atoms with Gasteiger partial charge in [0.25, 0.3) is 0 Å². The Hall–Kier alpha value is -0.280. The van der Waals surface area contributed by atoms with Crippen molar-refractivity contribution in [1.82, 2.24) is 5.32 Å². The van der Waals surface area contributed by atoms with Crippen molar-refractivity contribution in [3.63, 3.8) is 0 Å². The number of hydrogen-bond acceptors (Lipinski definition) is 7. The first-order valence-corrected chi connectivity index (χ1v) is 5.15. The molecule has 16 heavy (non-hydrogen) atoms. The molecule has 0 aliphatic carbocycles. The lowest BCUT2D eigenvalue weighted by molar-refractivity contribution is -0.322. The predicted molar refractivity (Wildman–Crippen MR) is 53.5 cm³/mol. The van der Waals surface area contributed by atoms with Crippen LogP contribution in [0.1, 0.15) is 6.42 Å². The van der Waals surface area contributed by atoms with E-state index in [1.807, 2.05) is 0 Å². The minimum Gasteiger partial charge on any atom is -0.396 e. The smallest absolute Gasteiger partial charge is 0.186 e. The molecule has 0 amide bonds. The molecule has 7 nitrogen and oxygen atoms in total. The predicted octanol–water partition coefficient (Wildman–Crippen LogP) is -3.24. The van der Waals surface area contributed by atoms with Crippen molar-refractivity contribution in [2.75, 3.05) is 20.3 Å². The SMILES string of the molecule is CN[C@@H]1[C@@H](O)[C@H](O)[C@@H](CO)OC1(O)CCO. The molecule has 1 fully saturated rings. The summed E-state index contributed by atoms with van der Waals surface area (Å²) in [5.74, 6) is -1.81. The summed E-state index contributed by atoms with van der Waals surface area (Å²) in [6, 6.07) is -0.933. The molecule has 1 heterocycles. The van der Waals surface area contributed by atoms with Gasteiger partial charge >= 0.3 is 0 Å². The monoisotopic (exact) mass is 237 g/mol. The van der Waals surface area contributed by atoms with Crippen molar-refractivity contribution in [2.24, 2.45) is 0 Å². The van der Waals surface area contributed by atoms with Crippen LogP contribution in [0.5, 0.6) is 0 Å². The largest absolute Gasteiger partial charge is 0.396 e. The summed E-state index contributed by atoms with van der Waals surface area (Å²) in [4.78, 5) is 0. The van der Waals surface area contributed by atoms with E-state index >= 15 is 0 Å². The molecule has 5 atom stereocenters. The molecule has 1 rings (SSSR count). The Morgan fingerprint density at radius 1 is 1.25 bits per heavy atom. The third kappa shape index (κ3) is 2.35. The van der Waals surface area contributed by atoms with Gasteiger partial charge in [-0.05, 0) is 7.05 Å². The van der Waals surface area contributed by atoms with Crippen LogP contribution in [0.15, 0.2) is 0 Å². The summed E-state index contributed by atoms with van der Waals surface area (Å²) >= 11 is 0. The Labute approximate surface area is 93.3 Å². The third-order valence-electron chi connectivity index (χ3n) is 2.87. The summed E-state index contributed by atoms with van der Waals surface area (Å²) in [5, 5.41) is 49.8. The molecule has 0 aromatic carbocycles. The minimum atomic E-state index is -1.81. The molecule has 0 radical (unpaired) electrons. The summed E-state index contributed by atoms with van der Waals surface area (Å²) in [7, 11) is 1.49. The minimum absolute atomic E-state index is 0.126. The van der Waals surface area contributed by atoms with Crippen LogP contribution in [-0.4, -0.2) is 75.9 Å². The van der Waals surface area contributed by atoms with Crippen LogP contribution in [0.4, 0.5) is 0 Å². The van der Waals surface area contributed by atoms with Crippen molar-refractivity contribution < 1.29 is 30.3 Å². The van der Waals surface area contributed by atoms with Crippen LogP contribution < -0.4 is 5.32 Å². The number of aliphatic hydroxyl groups excluding tert-OH is 4. The lowest BCUT2D eigenvalue weighted by Gasteiger charge is -2.47. The number of likely N-dealkylation sites (N-methyl/N-ethyl adjacent to an activating group) is 1. The zero-order valence-corrected chi connectivity index (χ0v) is 9.08. The van der Waals surface area contributed by atoms with E-state index in [1.165, 1.54) is 7.05 Å². The van der Waals surface area contributed by atoms with Gasteiger partial charge in [0, 0.05) is 13.0 Å². The topological polar surface area (TPSA) is 122 Å². The van der Waals surface area contributed by atoms with Gasteiger partial charge in [0.1, 0.15) is 18.3 Å². The highest BCUT2D eigenvalue weighted by Gasteiger charge is 2.51. The highest BCUT2D eigenvalue weighted by molar-refractivity contribution is 4.99. The van der Waals surface area contributed by atoms with Crippen LogP contribution in [-0.2, 0) is 4.74 Å². The molecule has 1 aliphatic heterocycles. The lowest BCUT2D eigenvalue weighted by atomic mass is 9.88. The number of aliphatic hydroxyl groups is 5. The second-order valence-electron chi connectivity index (χ2n) is 3.90. The first-order valence-electron chi connectivity index (χ1n) is 5.15. The van der Waals surface area contributed by atoms with Gasteiger partial charge in [0.2, 0.25) is 0 Å². The van der Waals surface area contributed by atoms with Crippen molar-refractivity contribution in [1.29, 1.82) is 0 Å². The second-order valence-corrected chi connectivity index (χ2v) is 3.90. The van der Waals surface area contributed by atoms with E-state index < -0.39 is 36.7 Å². The van der Waals surface area contributed by atoms with Gasteiger partial charge in [0.05, 0.1) is 12.6 Å². The maximum atomic E-state index is 10.1. The van der Waals surface area contributed by atoms with Crippen LogP contribution in [0.2, 0.25) is 0 Å². The molecule has 0 spiro atoms. The molecule has 0 aromatic rings. The molecule has 6 N–H and O–H groups in total. The van der Waals surface area contributed by atoms with E-state index in [0.717, 1.165) is 0 Å². The van der Waals surface area contributed by atoms with E-state index in [2.05, 4.69) is 5.32 Å². The number of hydrogen-bond donors (Lipinski definition) is 6. The Bertz CT molecular complexity index is 228. The van der Waals surface area contributed by atoms with Crippen molar-refractivity contribution in [2.45, 2.75) is 36.6 Å². The Morgan fingerprint density at radius 3 is 2.31 bits per heavy atom. The van der Waals surface area contributed by atoms with Gasteiger partial charge in [-0.3, -0.25) is 0 Å². The van der Waals surface area contributed by atoms with E-state index in [1.54, 1.807) is 0 Å². The number of ether oxygens (including phenoxy) is 1. The lowest BCUT2D eigenvalue weighted by Crippen LogP contribution is -2.69. The molecule has 7 heteroatoms. The highest BCUT2D eigenvalue weighted by Crippen LogP contribution is 2.30. The fraction of sp³-hybridized carbons (Fsp3) is 1.00. The Balaban J connectivity index is 2.89. The van der Waals surface area contributed by atoms with Crippen molar-refractivity contribution in [3.8, 4) is 0 Å². The summed E-state index contributed by atoms with van der Waals surface area (Å²) in [5.41, 5.74) is 0. The summed E-state index contributed by atoms with van der Waals surface area (Å²) < 4.78 is 5.12. The van der Waals surface area contributed by atoms with E-state index in [-0.39, 0.29) is 13.0 Å². The quantitative estimate of drug-likeness (QED) is 0.304. The molecule has 0 aromatic heterocycles. The summed E-state index contributed by atoms with van der Waals surface area (Å²) in [6.45, 7) is -0.863. The molecule has 0 bridgehead atoms. The van der Waals surface area contributed by atoms with Gasteiger partial charge in [-0.15, -0.1) is 0 Å². The fourth-order valence-electron chi connectivity index (χ4n) is 2.01. The maximum Gasteiger partial charge on any atom is 0.186 e. The molecule has 1 unspecified atom stereocenters. The molecule has 0 saturated carbocycles. The Morgan fingerprint density at radius 2 is 1.88 bits per heavy atom. The van der Waals surface area contributed by atoms with Crippen molar-refractivity contribution in [3.05, 3.63) is 0 Å². The van der Waals surface area contributed by atoms with Crippen LogP contribution in [0, 0.1) is 0 Å². The molecular weight excluding hydrogens is 218 g/mol. The van der Waals surface area contributed by atoms with Gasteiger partial charge < -0.3 is 35.6 Å². The van der Waals surface area contributed by atoms with Crippen LogP contribution in [0.25, 0.3) is 0 Å².